The second kappa shape index (κ2) is 5.10. The number of hydrogen-bond acceptors (Lipinski definition) is 2. The van der Waals surface area contributed by atoms with Crippen LogP contribution in [0.2, 0.25) is 10.0 Å². The summed E-state index contributed by atoms with van der Waals surface area (Å²) >= 11 is 14.6. The SMILES string of the molecule is Cc1cc2c(s1)CN(C)CC2c1c(Cl)cccc1Cl. The Bertz CT molecular complexity index is 600. The van der Waals surface area contributed by atoms with E-state index in [9.17, 15) is 0 Å². The van der Waals surface area contributed by atoms with Crippen molar-refractivity contribution in [3.63, 3.8) is 0 Å². The van der Waals surface area contributed by atoms with Gasteiger partial charge in [-0.2, -0.15) is 0 Å². The van der Waals surface area contributed by atoms with Crippen LogP contribution < -0.4 is 0 Å². The molecule has 0 radical (unpaired) electrons. The molecule has 1 atom stereocenters. The number of hydrogen-bond donors (Lipinski definition) is 0. The van der Waals surface area contributed by atoms with Gasteiger partial charge in [-0.05, 0) is 43.3 Å². The van der Waals surface area contributed by atoms with Gasteiger partial charge in [-0.25, -0.2) is 0 Å². The summed E-state index contributed by atoms with van der Waals surface area (Å²) in [4.78, 5) is 5.13. The first kappa shape index (κ1) is 13.4. The summed E-state index contributed by atoms with van der Waals surface area (Å²) in [6, 6.07) is 8.05. The van der Waals surface area contributed by atoms with Crippen molar-refractivity contribution in [2.45, 2.75) is 19.4 Å². The van der Waals surface area contributed by atoms with Crippen LogP contribution in [0.5, 0.6) is 0 Å². The lowest BCUT2D eigenvalue weighted by molar-refractivity contribution is 0.299. The number of fused-ring (bicyclic) bond motifs is 1. The first-order chi connectivity index (χ1) is 9.06. The fraction of sp³-hybridized carbons (Fsp3) is 0.333. The van der Waals surface area contributed by atoms with Crippen molar-refractivity contribution in [2.75, 3.05) is 13.6 Å². The molecule has 1 nitrogen and oxygen atoms in total. The summed E-state index contributed by atoms with van der Waals surface area (Å²) < 4.78 is 0. The average molecular weight is 312 g/mol. The summed E-state index contributed by atoms with van der Waals surface area (Å²) in [5, 5.41) is 1.53. The van der Waals surface area contributed by atoms with Crippen molar-refractivity contribution in [3.8, 4) is 0 Å². The molecule has 1 unspecified atom stereocenters. The Morgan fingerprint density at radius 1 is 1.26 bits per heavy atom. The lowest BCUT2D eigenvalue weighted by Gasteiger charge is -2.31. The number of rotatable bonds is 1. The van der Waals surface area contributed by atoms with Crippen LogP contribution in [0, 0.1) is 6.92 Å². The summed E-state index contributed by atoms with van der Waals surface area (Å²) in [6.07, 6.45) is 0. The predicted octanol–water partition coefficient (Wildman–Crippen LogP) is 4.94. The molecule has 2 heterocycles. The van der Waals surface area contributed by atoms with E-state index in [-0.39, 0.29) is 5.92 Å². The summed E-state index contributed by atoms with van der Waals surface area (Å²) in [6.45, 7) is 4.15. The predicted molar refractivity (Wildman–Crippen MR) is 83.7 cm³/mol. The van der Waals surface area contributed by atoms with E-state index in [1.165, 1.54) is 15.3 Å². The number of nitrogens with zero attached hydrogens (tertiary/aromatic N) is 1. The van der Waals surface area contributed by atoms with E-state index in [0.717, 1.165) is 28.7 Å². The number of likely N-dealkylation sites (N-methyl/N-ethyl adjacent to an activating group) is 1. The molecule has 1 aliphatic rings. The van der Waals surface area contributed by atoms with Crippen molar-refractivity contribution in [3.05, 3.63) is 55.2 Å². The molecule has 2 aromatic rings. The van der Waals surface area contributed by atoms with Gasteiger partial charge in [0.2, 0.25) is 0 Å². The number of aryl methyl sites for hydroxylation is 1. The van der Waals surface area contributed by atoms with Gasteiger partial charge in [0.15, 0.2) is 0 Å². The van der Waals surface area contributed by atoms with E-state index < -0.39 is 0 Å². The van der Waals surface area contributed by atoms with Gasteiger partial charge in [-0.15, -0.1) is 11.3 Å². The van der Waals surface area contributed by atoms with Crippen LogP contribution in [-0.2, 0) is 6.54 Å². The lowest BCUT2D eigenvalue weighted by Crippen LogP contribution is -2.30. The molecule has 0 N–H and O–H groups in total. The molecule has 19 heavy (non-hydrogen) atoms. The molecule has 3 rings (SSSR count). The molecule has 0 saturated carbocycles. The Hall–Kier alpha value is -0.540. The van der Waals surface area contributed by atoms with Crippen LogP contribution in [-0.4, -0.2) is 18.5 Å². The van der Waals surface area contributed by atoms with Gasteiger partial charge < -0.3 is 4.90 Å². The molecule has 1 aromatic heterocycles. The zero-order valence-electron chi connectivity index (χ0n) is 10.9. The quantitative estimate of drug-likeness (QED) is 0.721. The topological polar surface area (TPSA) is 3.24 Å². The van der Waals surface area contributed by atoms with Crippen LogP contribution in [0.1, 0.15) is 26.8 Å². The highest BCUT2D eigenvalue weighted by atomic mass is 35.5. The fourth-order valence-corrected chi connectivity index (χ4v) is 4.65. The maximum Gasteiger partial charge on any atom is 0.0459 e. The first-order valence-corrected chi connectivity index (χ1v) is 7.85. The molecule has 1 aromatic carbocycles. The van der Waals surface area contributed by atoms with Gasteiger partial charge in [0.1, 0.15) is 0 Å². The van der Waals surface area contributed by atoms with Gasteiger partial charge in [0.05, 0.1) is 0 Å². The summed E-state index contributed by atoms with van der Waals surface area (Å²) in [5.41, 5.74) is 2.46. The van der Waals surface area contributed by atoms with Crippen molar-refractivity contribution in [2.24, 2.45) is 0 Å². The third-order valence-corrected chi connectivity index (χ3v) is 5.31. The van der Waals surface area contributed by atoms with Crippen molar-refractivity contribution >= 4 is 34.5 Å². The average Bonchev–Trinajstić information content (AvgIpc) is 2.69. The molecule has 0 spiro atoms. The zero-order chi connectivity index (χ0) is 13.6. The standard InChI is InChI=1S/C15H15Cl2NS/c1-9-6-10-11(7-18(2)8-14(10)19-9)15-12(16)4-3-5-13(15)17/h3-6,11H,7-8H2,1-2H3. The third-order valence-electron chi connectivity index (χ3n) is 3.60. The first-order valence-electron chi connectivity index (χ1n) is 6.28. The Morgan fingerprint density at radius 3 is 2.63 bits per heavy atom. The normalized spacial score (nSPS) is 19.5. The number of halogens is 2. The minimum atomic E-state index is 0.278. The molecule has 4 heteroatoms. The second-order valence-electron chi connectivity index (χ2n) is 5.12. The fourth-order valence-electron chi connectivity index (χ4n) is 2.81. The maximum atomic E-state index is 6.38. The van der Waals surface area contributed by atoms with Crippen LogP contribution in [0.4, 0.5) is 0 Å². The van der Waals surface area contributed by atoms with Crippen molar-refractivity contribution in [1.29, 1.82) is 0 Å². The Balaban J connectivity index is 2.15. The highest BCUT2D eigenvalue weighted by Gasteiger charge is 2.29. The Morgan fingerprint density at radius 2 is 1.95 bits per heavy atom. The summed E-state index contributed by atoms with van der Waals surface area (Å²) in [7, 11) is 2.15. The monoisotopic (exact) mass is 311 g/mol. The minimum Gasteiger partial charge on any atom is -0.300 e. The van der Waals surface area contributed by atoms with Gasteiger partial charge in [-0.3, -0.25) is 0 Å². The number of benzene rings is 1. The molecular weight excluding hydrogens is 297 g/mol. The smallest absolute Gasteiger partial charge is 0.0459 e. The van der Waals surface area contributed by atoms with Gasteiger partial charge in [-0.1, -0.05) is 29.3 Å². The van der Waals surface area contributed by atoms with Gasteiger partial charge >= 0.3 is 0 Å². The molecule has 0 fully saturated rings. The molecule has 1 aliphatic heterocycles. The minimum absolute atomic E-state index is 0.278. The van der Waals surface area contributed by atoms with Gasteiger partial charge in [0.25, 0.3) is 0 Å². The van der Waals surface area contributed by atoms with E-state index in [1.807, 2.05) is 29.5 Å². The summed E-state index contributed by atoms with van der Waals surface area (Å²) in [5.74, 6) is 0.278. The Labute approximate surface area is 127 Å². The van der Waals surface area contributed by atoms with E-state index in [0.29, 0.717) is 0 Å². The van der Waals surface area contributed by atoms with Gasteiger partial charge in [0, 0.05) is 38.8 Å². The molecule has 0 amide bonds. The highest BCUT2D eigenvalue weighted by molar-refractivity contribution is 7.12. The molecule has 100 valence electrons. The van der Waals surface area contributed by atoms with Crippen LogP contribution >= 0.6 is 34.5 Å². The molecular formula is C15H15Cl2NS. The lowest BCUT2D eigenvalue weighted by atomic mass is 9.88. The Kier molecular flexibility index (Phi) is 3.61. The van der Waals surface area contributed by atoms with Crippen LogP contribution in [0.3, 0.4) is 0 Å². The zero-order valence-corrected chi connectivity index (χ0v) is 13.2. The number of thiophene rings is 1. The second-order valence-corrected chi connectivity index (χ2v) is 7.28. The van der Waals surface area contributed by atoms with Crippen molar-refractivity contribution < 1.29 is 0 Å². The molecule has 0 aliphatic carbocycles. The molecule has 0 bridgehead atoms. The largest absolute Gasteiger partial charge is 0.300 e. The third kappa shape index (κ3) is 2.43. The maximum absolute atomic E-state index is 6.38. The van der Waals surface area contributed by atoms with E-state index >= 15 is 0 Å². The highest BCUT2D eigenvalue weighted by Crippen LogP contribution is 2.42. The van der Waals surface area contributed by atoms with Crippen LogP contribution in [0.25, 0.3) is 0 Å². The van der Waals surface area contributed by atoms with E-state index in [2.05, 4.69) is 24.9 Å². The van der Waals surface area contributed by atoms with E-state index in [4.69, 9.17) is 23.2 Å². The van der Waals surface area contributed by atoms with E-state index in [1.54, 1.807) is 0 Å². The van der Waals surface area contributed by atoms with Crippen LogP contribution in [0.15, 0.2) is 24.3 Å². The van der Waals surface area contributed by atoms with Crippen molar-refractivity contribution in [1.82, 2.24) is 4.90 Å². The molecule has 0 saturated heterocycles.